The minimum atomic E-state index is -0.0856. The number of anilines is 2. The molecule has 1 aliphatic rings. The summed E-state index contributed by atoms with van der Waals surface area (Å²) in [5.74, 6) is 0.176. The Morgan fingerprint density at radius 2 is 1.82 bits per heavy atom. The molecule has 1 aromatic heterocycles. The zero-order valence-corrected chi connectivity index (χ0v) is 16.8. The molecule has 0 bridgehead atoms. The molecular formula is C24H27N3O. The van der Waals surface area contributed by atoms with E-state index >= 15 is 0 Å². The predicted octanol–water partition coefficient (Wildman–Crippen LogP) is 5.52. The lowest BCUT2D eigenvalue weighted by Gasteiger charge is -2.19. The zero-order valence-electron chi connectivity index (χ0n) is 16.8. The fraction of sp³-hybridized carbons (Fsp3) is 0.333. The molecule has 1 aliphatic heterocycles. The molecule has 0 spiro atoms. The summed E-state index contributed by atoms with van der Waals surface area (Å²) < 4.78 is 0. The molecule has 4 heteroatoms. The van der Waals surface area contributed by atoms with Crippen LogP contribution in [0.3, 0.4) is 0 Å². The van der Waals surface area contributed by atoms with Crippen molar-refractivity contribution in [3.8, 4) is 0 Å². The molecule has 28 heavy (non-hydrogen) atoms. The van der Waals surface area contributed by atoms with Crippen molar-refractivity contribution in [1.29, 1.82) is 0 Å². The Morgan fingerprint density at radius 1 is 1.07 bits per heavy atom. The summed E-state index contributed by atoms with van der Waals surface area (Å²) in [5.41, 5.74) is 5.66. The van der Waals surface area contributed by atoms with E-state index in [0.29, 0.717) is 5.56 Å². The fourth-order valence-corrected chi connectivity index (χ4v) is 3.83. The van der Waals surface area contributed by atoms with Crippen molar-refractivity contribution in [3.05, 3.63) is 65.4 Å². The van der Waals surface area contributed by atoms with Gasteiger partial charge in [-0.05, 0) is 61.6 Å². The number of hydrogen-bond acceptors (Lipinski definition) is 3. The molecule has 4 rings (SSSR count). The second-order valence-electron chi connectivity index (χ2n) is 7.91. The molecule has 0 atom stereocenters. The number of nitrogens with one attached hydrogen (secondary N) is 1. The van der Waals surface area contributed by atoms with Gasteiger partial charge in [-0.15, -0.1) is 0 Å². The number of carbonyl (C=O) groups excluding carboxylic acids is 1. The van der Waals surface area contributed by atoms with Crippen molar-refractivity contribution in [3.63, 3.8) is 0 Å². The lowest BCUT2D eigenvalue weighted by Crippen LogP contribution is -2.18. The number of pyridine rings is 1. The normalized spacial score (nSPS) is 14.1. The molecule has 1 amide bonds. The quantitative estimate of drug-likeness (QED) is 0.655. The zero-order chi connectivity index (χ0) is 19.7. The topological polar surface area (TPSA) is 45.2 Å². The minimum absolute atomic E-state index is 0.0856. The van der Waals surface area contributed by atoms with Gasteiger partial charge in [0.25, 0.3) is 5.91 Å². The van der Waals surface area contributed by atoms with E-state index in [4.69, 9.17) is 4.98 Å². The molecule has 0 radical (unpaired) electrons. The number of amides is 1. The third-order valence-electron chi connectivity index (χ3n) is 5.50. The van der Waals surface area contributed by atoms with Crippen LogP contribution in [-0.2, 0) is 0 Å². The van der Waals surface area contributed by atoms with Gasteiger partial charge in [0.1, 0.15) is 0 Å². The molecule has 0 aliphatic carbocycles. The van der Waals surface area contributed by atoms with E-state index in [0.717, 1.165) is 40.9 Å². The molecule has 4 nitrogen and oxygen atoms in total. The van der Waals surface area contributed by atoms with Crippen LogP contribution in [0.1, 0.15) is 54.2 Å². The van der Waals surface area contributed by atoms with Gasteiger partial charge in [-0.1, -0.05) is 32.0 Å². The van der Waals surface area contributed by atoms with Crippen molar-refractivity contribution >= 4 is 28.2 Å². The summed E-state index contributed by atoms with van der Waals surface area (Å²) >= 11 is 0. The van der Waals surface area contributed by atoms with Crippen molar-refractivity contribution in [2.45, 2.75) is 39.5 Å². The van der Waals surface area contributed by atoms with E-state index in [1.165, 1.54) is 18.5 Å². The number of aryl methyl sites for hydroxylation is 1. The average molecular weight is 374 g/mol. The molecule has 1 saturated heterocycles. The summed E-state index contributed by atoms with van der Waals surface area (Å²) in [6.45, 7) is 8.48. The Morgan fingerprint density at radius 3 is 2.54 bits per heavy atom. The van der Waals surface area contributed by atoms with E-state index in [1.54, 1.807) is 0 Å². The summed E-state index contributed by atoms with van der Waals surface area (Å²) in [6.07, 6.45) is 2.51. The predicted molar refractivity (Wildman–Crippen MR) is 116 cm³/mol. The lowest BCUT2D eigenvalue weighted by atomic mass is 10.0. The molecule has 2 aromatic carbocycles. The van der Waals surface area contributed by atoms with Gasteiger partial charge in [0.15, 0.2) is 0 Å². The number of nitrogens with zero attached hydrogens (tertiary/aromatic N) is 2. The number of fused-ring (bicyclic) bond motifs is 1. The molecule has 3 aromatic rings. The van der Waals surface area contributed by atoms with Crippen LogP contribution in [0.4, 0.5) is 11.4 Å². The van der Waals surface area contributed by atoms with E-state index in [2.05, 4.69) is 43.1 Å². The average Bonchev–Trinajstić information content (AvgIpc) is 3.23. The maximum atomic E-state index is 13.1. The second-order valence-corrected chi connectivity index (χ2v) is 7.91. The van der Waals surface area contributed by atoms with Crippen molar-refractivity contribution < 1.29 is 4.79 Å². The van der Waals surface area contributed by atoms with Crippen LogP contribution < -0.4 is 10.2 Å². The van der Waals surface area contributed by atoms with Gasteiger partial charge in [-0.3, -0.25) is 9.78 Å². The number of carbonyl (C=O) groups is 1. The van der Waals surface area contributed by atoms with E-state index in [9.17, 15) is 4.79 Å². The van der Waals surface area contributed by atoms with Crippen molar-refractivity contribution in [2.24, 2.45) is 0 Å². The summed E-state index contributed by atoms with van der Waals surface area (Å²) in [6, 6.07) is 16.1. The first-order valence-corrected chi connectivity index (χ1v) is 10.1. The monoisotopic (exact) mass is 373 g/mol. The first-order chi connectivity index (χ1) is 13.5. The largest absolute Gasteiger partial charge is 0.372 e. The van der Waals surface area contributed by atoms with Crippen LogP contribution in [0.5, 0.6) is 0 Å². The number of benzene rings is 2. The summed E-state index contributed by atoms with van der Waals surface area (Å²) in [7, 11) is 0. The lowest BCUT2D eigenvalue weighted by molar-refractivity contribution is 0.102. The van der Waals surface area contributed by atoms with Crippen molar-refractivity contribution in [1.82, 2.24) is 4.98 Å². The Kier molecular flexibility index (Phi) is 5.03. The Balaban J connectivity index is 1.65. The molecule has 1 fully saturated rings. The summed E-state index contributed by atoms with van der Waals surface area (Å²) in [4.78, 5) is 20.3. The van der Waals surface area contributed by atoms with Gasteiger partial charge in [0.2, 0.25) is 0 Å². The Labute approximate surface area is 166 Å². The summed E-state index contributed by atoms with van der Waals surface area (Å²) in [5, 5.41) is 4.00. The molecule has 2 heterocycles. The van der Waals surface area contributed by atoms with Crippen LogP contribution >= 0.6 is 0 Å². The number of hydrogen-bond donors (Lipinski definition) is 1. The van der Waals surface area contributed by atoms with E-state index in [-0.39, 0.29) is 11.8 Å². The van der Waals surface area contributed by atoms with Gasteiger partial charge in [0, 0.05) is 35.5 Å². The minimum Gasteiger partial charge on any atom is -0.372 e. The van der Waals surface area contributed by atoms with Crippen LogP contribution in [0, 0.1) is 6.92 Å². The highest BCUT2D eigenvalue weighted by Gasteiger charge is 2.17. The second kappa shape index (κ2) is 7.63. The van der Waals surface area contributed by atoms with Crippen LogP contribution in [0.25, 0.3) is 10.9 Å². The number of para-hydroxylation sites is 1. The van der Waals surface area contributed by atoms with Gasteiger partial charge in [-0.25, -0.2) is 0 Å². The molecule has 144 valence electrons. The molecule has 0 unspecified atom stereocenters. The van der Waals surface area contributed by atoms with E-state index < -0.39 is 0 Å². The smallest absolute Gasteiger partial charge is 0.256 e. The van der Waals surface area contributed by atoms with Gasteiger partial charge in [-0.2, -0.15) is 0 Å². The van der Waals surface area contributed by atoms with Gasteiger partial charge < -0.3 is 10.2 Å². The standard InChI is InChI=1S/C24H27N3O/c1-16(2)23-15-20(19-8-4-5-9-22(19)25-23)24(28)26-21-11-10-18(14-17(21)3)27-12-6-7-13-27/h4-5,8-11,14-16H,6-7,12-13H2,1-3H3,(H,26,28). The van der Waals surface area contributed by atoms with Crippen LogP contribution in [-0.4, -0.2) is 24.0 Å². The Bertz CT molecular complexity index is 1020. The van der Waals surface area contributed by atoms with Crippen LogP contribution in [0.15, 0.2) is 48.5 Å². The third kappa shape index (κ3) is 3.59. The highest BCUT2D eigenvalue weighted by atomic mass is 16.1. The first-order valence-electron chi connectivity index (χ1n) is 10.1. The molecule has 1 N–H and O–H groups in total. The van der Waals surface area contributed by atoms with Gasteiger partial charge in [0.05, 0.1) is 11.1 Å². The van der Waals surface area contributed by atoms with E-state index in [1.807, 2.05) is 36.4 Å². The molecule has 0 saturated carbocycles. The fourth-order valence-electron chi connectivity index (χ4n) is 3.83. The molecular weight excluding hydrogens is 346 g/mol. The third-order valence-corrected chi connectivity index (χ3v) is 5.50. The SMILES string of the molecule is Cc1cc(N2CCCC2)ccc1NC(=O)c1cc(C(C)C)nc2ccccc12. The number of aromatic nitrogens is 1. The highest BCUT2D eigenvalue weighted by molar-refractivity contribution is 6.12. The maximum absolute atomic E-state index is 13.1. The highest BCUT2D eigenvalue weighted by Crippen LogP contribution is 2.27. The first kappa shape index (κ1) is 18.5. The van der Waals surface area contributed by atoms with Gasteiger partial charge >= 0.3 is 0 Å². The number of rotatable bonds is 4. The Hall–Kier alpha value is -2.88. The van der Waals surface area contributed by atoms with Crippen molar-refractivity contribution in [2.75, 3.05) is 23.3 Å². The maximum Gasteiger partial charge on any atom is 0.256 e. The van der Waals surface area contributed by atoms with Crippen LogP contribution in [0.2, 0.25) is 0 Å².